The van der Waals surface area contributed by atoms with Gasteiger partial charge in [-0.15, -0.1) is 0 Å². The third-order valence-corrected chi connectivity index (χ3v) is 14.7. The van der Waals surface area contributed by atoms with Crippen LogP contribution >= 0.6 is 0 Å². The largest absolute Gasteiger partial charge is 0.463 e. The van der Waals surface area contributed by atoms with Gasteiger partial charge in [0, 0.05) is 0 Å². The molecule has 1 saturated heterocycles. The molecule has 1 rings (SSSR count). The second kappa shape index (κ2) is 6.61. The predicted octanol–water partition coefficient (Wildman–Crippen LogP) is 4.71. The van der Waals surface area contributed by atoms with E-state index in [0.717, 1.165) is 0 Å². The smallest absolute Gasteiger partial charge is 0.308 e. The van der Waals surface area contributed by atoms with Crippen molar-refractivity contribution in [1.82, 2.24) is 0 Å². The molecule has 0 saturated carbocycles. The van der Waals surface area contributed by atoms with E-state index < -0.39 is 16.6 Å². The van der Waals surface area contributed by atoms with Crippen molar-refractivity contribution >= 4 is 22.6 Å². The zero-order chi connectivity index (χ0) is 18.3. The minimum Gasteiger partial charge on any atom is -0.463 e. The molecule has 2 atom stereocenters. The molecule has 0 aromatic carbocycles. The Hall–Kier alpha value is -0.176. The predicted molar refractivity (Wildman–Crippen MR) is 99.7 cm³/mol. The molecule has 0 bridgehead atoms. The maximum atomic E-state index is 11.8. The lowest BCUT2D eigenvalue weighted by Gasteiger charge is -2.46. The molecular formula is C17H36O4Si2. The van der Waals surface area contributed by atoms with Crippen molar-refractivity contribution < 1.29 is 18.4 Å². The minimum absolute atomic E-state index is 0.107. The number of carbonyl (C=O) groups is 1. The molecule has 1 aliphatic rings. The van der Waals surface area contributed by atoms with Crippen LogP contribution in [-0.4, -0.2) is 41.4 Å². The van der Waals surface area contributed by atoms with Crippen LogP contribution in [0.15, 0.2) is 0 Å². The van der Waals surface area contributed by atoms with Gasteiger partial charge in [0.2, 0.25) is 0 Å². The average molecular weight is 361 g/mol. The van der Waals surface area contributed by atoms with Crippen LogP contribution in [0.3, 0.4) is 0 Å². The van der Waals surface area contributed by atoms with Gasteiger partial charge in [-0.25, -0.2) is 0 Å². The number of rotatable bonds is 4. The number of hydrogen-bond donors (Lipinski definition) is 0. The molecule has 0 aliphatic carbocycles. The van der Waals surface area contributed by atoms with Gasteiger partial charge >= 0.3 is 5.97 Å². The fourth-order valence-corrected chi connectivity index (χ4v) is 4.65. The van der Waals surface area contributed by atoms with E-state index in [1.54, 1.807) is 0 Å². The molecule has 4 nitrogen and oxygen atoms in total. The summed E-state index contributed by atoms with van der Waals surface area (Å²) in [7, 11) is -3.89. The van der Waals surface area contributed by atoms with Crippen molar-refractivity contribution in [2.75, 3.05) is 6.61 Å². The van der Waals surface area contributed by atoms with Crippen LogP contribution in [0.5, 0.6) is 0 Å². The SMILES string of the molecule is CC(C)(C)[Si](C)(C)O[C@H]1COC(=O)C[C@@H]1O[Si](C)(C)C(C)(C)C. The van der Waals surface area contributed by atoms with Crippen LogP contribution < -0.4 is 0 Å². The standard InChI is InChI=1S/C17H36O4Si2/c1-16(2,3)22(7,8)20-13-11-15(18)19-12-14(13)21-23(9,10)17(4,5)6/h13-14H,11-12H2,1-10H3/t13-,14-/m0/s1. The average Bonchev–Trinajstić information content (AvgIpc) is 2.29. The van der Waals surface area contributed by atoms with Crippen LogP contribution in [0.25, 0.3) is 0 Å². The van der Waals surface area contributed by atoms with E-state index in [1.165, 1.54) is 0 Å². The third kappa shape index (κ3) is 5.15. The van der Waals surface area contributed by atoms with Gasteiger partial charge in [-0.2, -0.15) is 0 Å². The minimum atomic E-state index is -1.96. The Balaban J connectivity index is 2.95. The van der Waals surface area contributed by atoms with Gasteiger partial charge in [-0.05, 0) is 36.3 Å². The van der Waals surface area contributed by atoms with Crippen molar-refractivity contribution in [3.8, 4) is 0 Å². The Labute approximate surface area is 144 Å². The normalized spacial score (nSPS) is 24.5. The fourth-order valence-electron chi connectivity index (χ4n) is 1.97. The molecule has 0 radical (unpaired) electrons. The van der Waals surface area contributed by atoms with Gasteiger partial charge in [0.05, 0.1) is 12.5 Å². The molecule has 1 fully saturated rings. The Morgan fingerprint density at radius 3 is 1.65 bits per heavy atom. The molecule has 1 aliphatic heterocycles. The highest BCUT2D eigenvalue weighted by molar-refractivity contribution is 6.74. The first-order chi connectivity index (χ1) is 10.1. The zero-order valence-corrected chi connectivity index (χ0v) is 18.7. The molecular weight excluding hydrogens is 324 g/mol. The summed E-state index contributed by atoms with van der Waals surface area (Å²) in [6, 6.07) is 0. The van der Waals surface area contributed by atoms with E-state index in [9.17, 15) is 4.79 Å². The van der Waals surface area contributed by atoms with Gasteiger partial charge in [-0.1, -0.05) is 41.5 Å². The van der Waals surface area contributed by atoms with Gasteiger partial charge in [-0.3, -0.25) is 4.79 Å². The summed E-state index contributed by atoms with van der Waals surface area (Å²) in [5, 5.41) is 0.228. The third-order valence-electron chi connectivity index (χ3n) is 5.70. The van der Waals surface area contributed by atoms with Gasteiger partial charge in [0.1, 0.15) is 12.7 Å². The van der Waals surface area contributed by atoms with Gasteiger partial charge < -0.3 is 13.6 Å². The van der Waals surface area contributed by atoms with Crippen molar-refractivity contribution in [1.29, 1.82) is 0 Å². The lowest BCUT2D eigenvalue weighted by atomic mass is 10.1. The number of carbonyl (C=O) groups excluding carboxylic acids is 1. The Morgan fingerprint density at radius 2 is 1.26 bits per heavy atom. The van der Waals surface area contributed by atoms with Crippen molar-refractivity contribution in [3.63, 3.8) is 0 Å². The highest BCUT2D eigenvalue weighted by atomic mass is 28.4. The zero-order valence-electron chi connectivity index (χ0n) is 16.7. The molecule has 0 unspecified atom stereocenters. The quantitative estimate of drug-likeness (QED) is 0.538. The first-order valence-electron chi connectivity index (χ1n) is 8.58. The molecule has 1 heterocycles. The Morgan fingerprint density at radius 1 is 0.870 bits per heavy atom. The first-order valence-corrected chi connectivity index (χ1v) is 14.4. The summed E-state index contributed by atoms with van der Waals surface area (Å²) >= 11 is 0. The highest BCUT2D eigenvalue weighted by Crippen LogP contribution is 2.41. The van der Waals surface area contributed by atoms with Gasteiger partial charge in [0.15, 0.2) is 16.6 Å². The molecule has 23 heavy (non-hydrogen) atoms. The van der Waals surface area contributed by atoms with Crippen LogP contribution in [0.2, 0.25) is 36.3 Å². The van der Waals surface area contributed by atoms with E-state index in [2.05, 4.69) is 67.7 Å². The van der Waals surface area contributed by atoms with Gasteiger partial charge in [0.25, 0.3) is 0 Å². The number of cyclic esters (lactones) is 1. The fraction of sp³-hybridized carbons (Fsp3) is 0.941. The lowest BCUT2D eigenvalue weighted by molar-refractivity contribution is -0.160. The molecule has 0 aromatic rings. The van der Waals surface area contributed by atoms with Crippen molar-refractivity contribution in [2.45, 2.75) is 96.4 Å². The number of hydrogen-bond acceptors (Lipinski definition) is 4. The summed E-state index contributed by atoms with van der Waals surface area (Å²) in [5.41, 5.74) is 0. The molecule has 6 heteroatoms. The Kier molecular flexibility index (Phi) is 6.00. The van der Waals surface area contributed by atoms with Crippen LogP contribution in [0, 0.1) is 0 Å². The molecule has 0 aromatic heterocycles. The van der Waals surface area contributed by atoms with Crippen LogP contribution in [0.4, 0.5) is 0 Å². The summed E-state index contributed by atoms with van der Waals surface area (Å²) in [6.07, 6.45) is -0.0415. The Bertz CT molecular complexity index is 433. The molecule has 0 spiro atoms. The highest BCUT2D eigenvalue weighted by Gasteiger charge is 2.46. The number of esters is 1. The van der Waals surface area contributed by atoms with Crippen LogP contribution in [-0.2, 0) is 18.4 Å². The second-order valence-electron chi connectivity index (χ2n) is 9.72. The topological polar surface area (TPSA) is 44.8 Å². The van der Waals surface area contributed by atoms with E-state index in [0.29, 0.717) is 13.0 Å². The second-order valence-corrected chi connectivity index (χ2v) is 19.2. The first kappa shape index (κ1) is 20.9. The van der Waals surface area contributed by atoms with E-state index in [1.807, 2.05) is 0 Å². The molecule has 136 valence electrons. The van der Waals surface area contributed by atoms with Crippen LogP contribution in [0.1, 0.15) is 48.0 Å². The lowest BCUT2D eigenvalue weighted by Crippen LogP contribution is -2.55. The monoisotopic (exact) mass is 360 g/mol. The summed E-state index contributed by atoms with van der Waals surface area (Å²) in [6.45, 7) is 22.5. The van der Waals surface area contributed by atoms with E-state index in [4.69, 9.17) is 13.6 Å². The maximum absolute atomic E-state index is 11.8. The van der Waals surface area contributed by atoms with E-state index in [-0.39, 0.29) is 28.3 Å². The van der Waals surface area contributed by atoms with Crippen molar-refractivity contribution in [3.05, 3.63) is 0 Å². The summed E-state index contributed by atoms with van der Waals surface area (Å²) in [4.78, 5) is 11.8. The summed E-state index contributed by atoms with van der Waals surface area (Å²) in [5.74, 6) is -0.177. The van der Waals surface area contributed by atoms with Crippen molar-refractivity contribution in [2.24, 2.45) is 0 Å². The molecule has 0 N–H and O–H groups in total. The number of ether oxygens (including phenoxy) is 1. The summed E-state index contributed by atoms with van der Waals surface area (Å²) < 4.78 is 18.3. The molecule has 0 amide bonds. The maximum Gasteiger partial charge on any atom is 0.308 e. The van der Waals surface area contributed by atoms with E-state index >= 15 is 0 Å².